The van der Waals surface area contributed by atoms with Crippen LogP contribution in [0.2, 0.25) is 0 Å². The number of nitrogens with zero attached hydrogens (tertiary/aromatic N) is 1. The number of carboxylic acid groups (broad SMARTS) is 1. The lowest BCUT2D eigenvalue weighted by molar-refractivity contribution is 0.109. The average Bonchev–Trinajstić information content (AvgIpc) is 2.70. The van der Waals surface area contributed by atoms with Crippen molar-refractivity contribution < 1.29 is 9.90 Å². The first-order chi connectivity index (χ1) is 8.21. The Bertz CT molecular complexity index is 450. The molecule has 2 N–H and O–H groups in total. The summed E-state index contributed by atoms with van der Waals surface area (Å²) in [4.78, 5) is 12.4. The molecule has 0 unspecified atom stereocenters. The number of amides is 1. The second-order valence-corrected chi connectivity index (χ2v) is 4.86. The predicted molar refractivity (Wildman–Crippen MR) is 63.8 cm³/mol. The minimum Gasteiger partial charge on any atom is -0.465 e. The van der Waals surface area contributed by atoms with E-state index >= 15 is 0 Å². The van der Waals surface area contributed by atoms with Crippen molar-refractivity contribution in [2.45, 2.75) is 24.9 Å². The van der Waals surface area contributed by atoms with Crippen LogP contribution >= 0.6 is 0 Å². The van der Waals surface area contributed by atoms with E-state index in [-0.39, 0.29) is 5.54 Å². The molecule has 0 aliphatic carbocycles. The average molecular weight is 232 g/mol. The Balaban J connectivity index is 1.85. The molecule has 1 amide bonds. The van der Waals surface area contributed by atoms with Gasteiger partial charge >= 0.3 is 6.09 Å². The summed E-state index contributed by atoms with van der Waals surface area (Å²) < 4.78 is 0. The number of nitrogens with one attached hydrogen (secondary N) is 1. The minimum absolute atomic E-state index is 0.0164. The summed E-state index contributed by atoms with van der Waals surface area (Å²) in [6.45, 7) is 2.15. The summed E-state index contributed by atoms with van der Waals surface area (Å²) in [5.41, 5.74) is 2.74. The molecule has 90 valence electrons. The number of piperidine rings is 1. The molecular weight excluding hydrogens is 216 g/mol. The van der Waals surface area contributed by atoms with Gasteiger partial charge in [0.2, 0.25) is 0 Å². The van der Waals surface area contributed by atoms with Crippen molar-refractivity contribution in [2.24, 2.45) is 0 Å². The van der Waals surface area contributed by atoms with E-state index < -0.39 is 6.09 Å². The number of rotatable bonds is 0. The van der Waals surface area contributed by atoms with Crippen LogP contribution in [0.15, 0.2) is 24.3 Å². The van der Waals surface area contributed by atoms with Crippen molar-refractivity contribution in [3.63, 3.8) is 0 Å². The molecule has 0 atom stereocenters. The van der Waals surface area contributed by atoms with Crippen LogP contribution in [0.1, 0.15) is 24.0 Å². The molecule has 2 aliphatic rings. The summed E-state index contributed by atoms with van der Waals surface area (Å²) >= 11 is 0. The van der Waals surface area contributed by atoms with Gasteiger partial charge < -0.3 is 15.3 Å². The van der Waals surface area contributed by atoms with Gasteiger partial charge in [0.05, 0.1) is 0 Å². The third-order valence-electron chi connectivity index (χ3n) is 4.04. The number of likely N-dealkylation sites (tertiary alicyclic amines) is 1. The summed E-state index contributed by atoms with van der Waals surface area (Å²) in [7, 11) is 0. The first kappa shape index (κ1) is 10.6. The van der Waals surface area contributed by atoms with Gasteiger partial charge in [0, 0.05) is 25.2 Å². The maximum atomic E-state index is 10.9. The monoisotopic (exact) mass is 232 g/mol. The SMILES string of the molecule is O=C(O)N1CCC2(CC1)NCc1ccccc12. The highest BCUT2D eigenvalue weighted by atomic mass is 16.4. The van der Waals surface area contributed by atoms with Crippen LogP contribution in [0.5, 0.6) is 0 Å². The molecule has 2 heterocycles. The third kappa shape index (κ3) is 1.60. The van der Waals surface area contributed by atoms with Crippen molar-refractivity contribution in [3.8, 4) is 0 Å². The lowest BCUT2D eigenvalue weighted by Crippen LogP contribution is -2.49. The molecular formula is C13H16N2O2. The summed E-state index contributed by atoms with van der Waals surface area (Å²) in [6.07, 6.45) is 0.943. The largest absolute Gasteiger partial charge is 0.465 e. The van der Waals surface area contributed by atoms with Gasteiger partial charge in [-0.15, -0.1) is 0 Å². The number of fused-ring (bicyclic) bond motifs is 2. The molecule has 1 aromatic rings. The Kier molecular flexibility index (Phi) is 2.33. The number of carbonyl (C=O) groups is 1. The van der Waals surface area contributed by atoms with E-state index in [0.717, 1.165) is 19.4 Å². The Hall–Kier alpha value is -1.55. The molecule has 1 spiro atoms. The molecule has 0 aromatic heterocycles. The van der Waals surface area contributed by atoms with Gasteiger partial charge in [-0.3, -0.25) is 0 Å². The smallest absolute Gasteiger partial charge is 0.407 e. The zero-order valence-corrected chi connectivity index (χ0v) is 9.65. The summed E-state index contributed by atoms with van der Waals surface area (Å²) in [5, 5.41) is 12.5. The van der Waals surface area contributed by atoms with Crippen LogP contribution < -0.4 is 5.32 Å². The van der Waals surface area contributed by atoms with Crippen molar-refractivity contribution in [2.75, 3.05) is 13.1 Å². The fraction of sp³-hybridized carbons (Fsp3) is 0.462. The van der Waals surface area contributed by atoms with Crippen LogP contribution in [-0.2, 0) is 12.1 Å². The Morgan fingerprint density at radius 1 is 1.29 bits per heavy atom. The quantitative estimate of drug-likeness (QED) is 0.716. The molecule has 4 heteroatoms. The molecule has 1 saturated heterocycles. The zero-order valence-electron chi connectivity index (χ0n) is 9.65. The van der Waals surface area contributed by atoms with Crippen LogP contribution in [0.25, 0.3) is 0 Å². The molecule has 4 nitrogen and oxygen atoms in total. The molecule has 17 heavy (non-hydrogen) atoms. The molecule has 3 rings (SSSR count). The third-order valence-corrected chi connectivity index (χ3v) is 4.04. The summed E-state index contributed by atoms with van der Waals surface area (Å²) in [5.74, 6) is 0. The van der Waals surface area contributed by atoms with E-state index in [1.807, 2.05) is 0 Å². The van der Waals surface area contributed by atoms with Gasteiger partial charge in [-0.1, -0.05) is 24.3 Å². The van der Waals surface area contributed by atoms with Gasteiger partial charge in [-0.2, -0.15) is 0 Å². The zero-order chi connectivity index (χ0) is 11.9. The minimum atomic E-state index is -0.800. The van der Waals surface area contributed by atoms with Crippen molar-refractivity contribution in [3.05, 3.63) is 35.4 Å². The Labute approximate surface area is 100 Å². The molecule has 0 radical (unpaired) electrons. The fourth-order valence-corrected chi connectivity index (χ4v) is 3.03. The standard InChI is InChI=1S/C13H16N2O2/c16-12(17)15-7-5-13(6-8-15)11-4-2-1-3-10(11)9-14-13/h1-4,14H,5-9H2,(H,16,17). The number of hydrogen-bond acceptors (Lipinski definition) is 2. The molecule has 0 bridgehead atoms. The highest BCUT2D eigenvalue weighted by Gasteiger charge is 2.41. The van der Waals surface area contributed by atoms with E-state index in [2.05, 4.69) is 29.6 Å². The number of benzene rings is 1. The lowest BCUT2D eigenvalue weighted by Gasteiger charge is -2.39. The summed E-state index contributed by atoms with van der Waals surface area (Å²) in [6, 6.07) is 8.45. The van der Waals surface area contributed by atoms with Gasteiger partial charge in [0.15, 0.2) is 0 Å². The fourth-order valence-electron chi connectivity index (χ4n) is 3.03. The highest BCUT2D eigenvalue weighted by Crippen LogP contribution is 2.39. The maximum absolute atomic E-state index is 10.9. The van der Waals surface area contributed by atoms with Crippen LogP contribution in [0.3, 0.4) is 0 Å². The van der Waals surface area contributed by atoms with E-state index in [1.54, 1.807) is 0 Å². The van der Waals surface area contributed by atoms with E-state index in [4.69, 9.17) is 5.11 Å². The van der Waals surface area contributed by atoms with Crippen molar-refractivity contribution in [1.29, 1.82) is 0 Å². The second kappa shape index (κ2) is 3.74. The molecule has 2 aliphatic heterocycles. The molecule has 1 aromatic carbocycles. The number of hydrogen-bond donors (Lipinski definition) is 2. The first-order valence-corrected chi connectivity index (χ1v) is 6.03. The van der Waals surface area contributed by atoms with Crippen LogP contribution in [-0.4, -0.2) is 29.2 Å². The molecule has 1 fully saturated rings. The van der Waals surface area contributed by atoms with Gasteiger partial charge in [-0.05, 0) is 24.0 Å². The van der Waals surface area contributed by atoms with Crippen molar-refractivity contribution >= 4 is 6.09 Å². The van der Waals surface area contributed by atoms with Gasteiger partial charge in [0.1, 0.15) is 0 Å². The van der Waals surface area contributed by atoms with Gasteiger partial charge in [0.25, 0.3) is 0 Å². The van der Waals surface area contributed by atoms with Crippen LogP contribution in [0.4, 0.5) is 4.79 Å². The van der Waals surface area contributed by atoms with E-state index in [1.165, 1.54) is 16.0 Å². The Morgan fingerprint density at radius 3 is 2.71 bits per heavy atom. The van der Waals surface area contributed by atoms with E-state index in [0.29, 0.717) is 13.1 Å². The highest BCUT2D eigenvalue weighted by molar-refractivity contribution is 5.65. The van der Waals surface area contributed by atoms with Crippen LogP contribution in [0, 0.1) is 0 Å². The van der Waals surface area contributed by atoms with Gasteiger partial charge in [-0.25, -0.2) is 4.79 Å². The molecule has 0 saturated carbocycles. The normalized spacial score (nSPS) is 21.5. The van der Waals surface area contributed by atoms with Crippen molar-refractivity contribution in [1.82, 2.24) is 10.2 Å². The maximum Gasteiger partial charge on any atom is 0.407 e. The lowest BCUT2D eigenvalue weighted by atomic mass is 9.82. The topological polar surface area (TPSA) is 52.6 Å². The Morgan fingerprint density at radius 2 is 2.00 bits per heavy atom. The predicted octanol–water partition coefficient (Wildman–Crippen LogP) is 1.76. The van der Waals surface area contributed by atoms with E-state index in [9.17, 15) is 4.79 Å². The second-order valence-electron chi connectivity index (χ2n) is 4.86. The first-order valence-electron chi connectivity index (χ1n) is 6.03.